The summed E-state index contributed by atoms with van der Waals surface area (Å²) in [4.78, 5) is 4.80. The highest BCUT2D eigenvalue weighted by Crippen LogP contribution is 2.33. The zero-order valence-corrected chi connectivity index (χ0v) is 14.2. The van der Waals surface area contributed by atoms with E-state index in [0.29, 0.717) is 6.54 Å². The van der Waals surface area contributed by atoms with E-state index in [9.17, 15) is 0 Å². The van der Waals surface area contributed by atoms with Crippen molar-refractivity contribution in [3.8, 4) is 17.0 Å². The number of nitrogens with zero attached hydrogens (tertiary/aromatic N) is 2. The summed E-state index contributed by atoms with van der Waals surface area (Å²) in [5, 5.41) is 0. The van der Waals surface area contributed by atoms with E-state index < -0.39 is 0 Å². The molecule has 0 atom stereocenters. The molecule has 3 aromatic rings. The minimum absolute atomic E-state index is 0.571. The Morgan fingerprint density at radius 3 is 2.82 bits per heavy atom. The minimum Gasteiger partial charge on any atom is -0.496 e. The third-order valence-electron chi connectivity index (χ3n) is 3.67. The molecule has 0 aliphatic rings. The molecular formula is C17H18BrN3O. The molecule has 0 unspecified atom stereocenters. The van der Waals surface area contributed by atoms with Crippen LogP contribution in [0.15, 0.2) is 41.0 Å². The number of imidazole rings is 1. The summed E-state index contributed by atoms with van der Waals surface area (Å²) in [6.45, 7) is 2.64. The van der Waals surface area contributed by atoms with Gasteiger partial charge in [0.05, 0.1) is 18.5 Å². The summed E-state index contributed by atoms with van der Waals surface area (Å²) in [7, 11) is 1.68. The third kappa shape index (κ3) is 2.62. The van der Waals surface area contributed by atoms with Crippen molar-refractivity contribution in [2.45, 2.75) is 13.3 Å². The number of ether oxygens (including phenoxy) is 1. The molecule has 0 spiro atoms. The molecule has 0 fully saturated rings. The monoisotopic (exact) mass is 359 g/mol. The maximum atomic E-state index is 5.81. The van der Waals surface area contributed by atoms with Gasteiger partial charge in [0, 0.05) is 22.7 Å². The lowest BCUT2D eigenvalue weighted by molar-refractivity contribution is 0.416. The quantitative estimate of drug-likeness (QED) is 0.774. The van der Waals surface area contributed by atoms with Gasteiger partial charge in [-0.2, -0.15) is 0 Å². The van der Waals surface area contributed by atoms with Crippen LogP contribution in [-0.4, -0.2) is 23.0 Å². The molecule has 4 nitrogen and oxygen atoms in total. The molecule has 22 heavy (non-hydrogen) atoms. The van der Waals surface area contributed by atoms with Gasteiger partial charge in [-0.05, 0) is 53.7 Å². The first kappa shape index (κ1) is 15.1. The first-order valence-electron chi connectivity index (χ1n) is 7.15. The molecule has 1 aromatic carbocycles. The van der Waals surface area contributed by atoms with E-state index in [1.807, 2.05) is 30.5 Å². The second kappa shape index (κ2) is 6.10. The van der Waals surface area contributed by atoms with Crippen molar-refractivity contribution in [1.82, 2.24) is 9.38 Å². The van der Waals surface area contributed by atoms with Crippen LogP contribution in [-0.2, 0) is 6.42 Å². The highest BCUT2D eigenvalue weighted by molar-refractivity contribution is 9.10. The standard InChI is InChI=1S/C17H18BrN3O/c1-11-3-5-15(22-2)13(9-11)17-14(7-8-19)21-10-12(18)4-6-16(21)20-17/h3-6,9-10H,7-8,19H2,1-2H3. The van der Waals surface area contributed by atoms with E-state index in [2.05, 4.69) is 33.3 Å². The maximum Gasteiger partial charge on any atom is 0.137 e. The fourth-order valence-corrected chi connectivity index (χ4v) is 3.00. The lowest BCUT2D eigenvalue weighted by atomic mass is 10.0. The van der Waals surface area contributed by atoms with E-state index >= 15 is 0 Å². The van der Waals surface area contributed by atoms with Gasteiger partial charge in [-0.25, -0.2) is 4.98 Å². The van der Waals surface area contributed by atoms with Crippen LogP contribution in [0.4, 0.5) is 0 Å². The van der Waals surface area contributed by atoms with Crippen LogP contribution in [0.2, 0.25) is 0 Å². The molecule has 0 bridgehead atoms. The van der Waals surface area contributed by atoms with Gasteiger partial charge in [-0.15, -0.1) is 0 Å². The minimum atomic E-state index is 0.571. The highest BCUT2D eigenvalue weighted by atomic mass is 79.9. The number of hydrogen-bond acceptors (Lipinski definition) is 3. The Hall–Kier alpha value is -1.85. The number of halogens is 1. The summed E-state index contributed by atoms with van der Waals surface area (Å²) in [5.74, 6) is 0.825. The van der Waals surface area contributed by atoms with Gasteiger partial charge in [-0.1, -0.05) is 11.6 Å². The Morgan fingerprint density at radius 1 is 1.27 bits per heavy atom. The Balaban J connectivity index is 2.30. The molecule has 3 rings (SSSR count). The van der Waals surface area contributed by atoms with E-state index in [-0.39, 0.29) is 0 Å². The second-order valence-corrected chi connectivity index (χ2v) is 6.14. The van der Waals surface area contributed by atoms with Crippen LogP contribution in [0.3, 0.4) is 0 Å². The van der Waals surface area contributed by atoms with Crippen molar-refractivity contribution in [3.63, 3.8) is 0 Å². The van der Waals surface area contributed by atoms with Crippen molar-refractivity contribution < 1.29 is 4.74 Å². The zero-order chi connectivity index (χ0) is 15.7. The molecule has 5 heteroatoms. The zero-order valence-electron chi connectivity index (χ0n) is 12.6. The molecule has 2 N–H and O–H groups in total. The van der Waals surface area contributed by atoms with Crippen molar-refractivity contribution in [2.75, 3.05) is 13.7 Å². The Kier molecular flexibility index (Phi) is 4.18. The Labute approximate surface area is 138 Å². The van der Waals surface area contributed by atoms with Crippen LogP contribution in [0.25, 0.3) is 16.9 Å². The largest absolute Gasteiger partial charge is 0.496 e. The topological polar surface area (TPSA) is 52.5 Å². The Bertz CT molecular complexity index is 826. The summed E-state index contributed by atoms with van der Waals surface area (Å²) in [6, 6.07) is 10.1. The van der Waals surface area contributed by atoms with Crippen molar-refractivity contribution in [2.24, 2.45) is 5.73 Å². The lowest BCUT2D eigenvalue weighted by Crippen LogP contribution is -2.06. The molecule has 2 heterocycles. The van der Waals surface area contributed by atoms with Crippen LogP contribution >= 0.6 is 15.9 Å². The number of hydrogen-bond donors (Lipinski definition) is 1. The summed E-state index contributed by atoms with van der Waals surface area (Å²) >= 11 is 3.52. The predicted octanol–water partition coefficient (Wildman–Crippen LogP) is 3.58. The molecule has 0 aliphatic heterocycles. The fourth-order valence-electron chi connectivity index (χ4n) is 2.67. The van der Waals surface area contributed by atoms with E-state index in [1.54, 1.807) is 7.11 Å². The number of pyridine rings is 1. The summed E-state index contributed by atoms with van der Waals surface area (Å²) < 4.78 is 8.62. The van der Waals surface area contributed by atoms with Crippen LogP contribution in [0.1, 0.15) is 11.3 Å². The molecule has 0 amide bonds. The SMILES string of the molecule is COc1ccc(C)cc1-c1nc2ccc(Br)cn2c1CCN. The molecule has 0 saturated heterocycles. The molecule has 0 aliphatic carbocycles. The molecular weight excluding hydrogens is 342 g/mol. The highest BCUT2D eigenvalue weighted by Gasteiger charge is 2.17. The number of fused-ring (bicyclic) bond motifs is 1. The van der Waals surface area contributed by atoms with Gasteiger partial charge < -0.3 is 14.9 Å². The fraction of sp³-hybridized carbons (Fsp3) is 0.235. The third-order valence-corrected chi connectivity index (χ3v) is 4.14. The number of nitrogens with two attached hydrogens (primary N) is 1. The predicted molar refractivity (Wildman–Crippen MR) is 92.4 cm³/mol. The average Bonchev–Trinajstić information content (AvgIpc) is 2.86. The van der Waals surface area contributed by atoms with Crippen molar-refractivity contribution in [1.29, 1.82) is 0 Å². The van der Waals surface area contributed by atoms with Gasteiger partial charge in [0.2, 0.25) is 0 Å². The van der Waals surface area contributed by atoms with Gasteiger partial charge >= 0.3 is 0 Å². The Morgan fingerprint density at radius 2 is 2.09 bits per heavy atom. The van der Waals surface area contributed by atoms with Crippen LogP contribution in [0, 0.1) is 6.92 Å². The van der Waals surface area contributed by atoms with Gasteiger partial charge in [0.15, 0.2) is 0 Å². The average molecular weight is 360 g/mol. The van der Waals surface area contributed by atoms with Crippen molar-refractivity contribution >= 4 is 21.6 Å². The van der Waals surface area contributed by atoms with Crippen LogP contribution in [0.5, 0.6) is 5.75 Å². The number of methoxy groups -OCH3 is 1. The maximum absolute atomic E-state index is 5.81. The van der Waals surface area contributed by atoms with Crippen molar-refractivity contribution in [3.05, 3.63) is 52.3 Å². The number of rotatable bonds is 4. The van der Waals surface area contributed by atoms with E-state index in [0.717, 1.165) is 39.2 Å². The first-order chi connectivity index (χ1) is 10.6. The molecule has 2 aromatic heterocycles. The number of aryl methyl sites for hydroxylation is 1. The summed E-state index contributed by atoms with van der Waals surface area (Å²) in [5.41, 5.74) is 10.9. The molecule has 0 saturated carbocycles. The summed E-state index contributed by atoms with van der Waals surface area (Å²) in [6.07, 6.45) is 2.78. The van der Waals surface area contributed by atoms with E-state index in [4.69, 9.17) is 15.5 Å². The van der Waals surface area contributed by atoms with Gasteiger partial charge in [0.1, 0.15) is 11.4 Å². The van der Waals surface area contributed by atoms with E-state index in [1.165, 1.54) is 5.56 Å². The van der Waals surface area contributed by atoms with Gasteiger partial charge in [0.25, 0.3) is 0 Å². The smallest absolute Gasteiger partial charge is 0.137 e. The first-order valence-corrected chi connectivity index (χ1v) is 7.95. The normalized spacial score (nSPS) is 11.1. The number of benzene rings is 1. The van der Waals surface area contributed by atoms with Gasteiger partial charge in [-0.3, -0.25) is 0 Å². The molecule has 0 radical (unpaired) electrons. The number of aromatic nitrogens is 2. The van der Waals surface area contributed by atoms with Crippen LogP contribution < -0.4 is 10.5 Å². The lowest BCUT2D eigenvalue weighted by Gasteiger charge is -2.10. The second-order valence-electron chi connectivity index (χ2n) is 5.23. The molecule has 114 valence electrons.